The number of amides is 1. The maximum absolute atomic E-state index is 12.7. The lowest BCUT2D eigenvalue weighted by molar-refractivity contribution is -0.148. The molecule has 1 amide bonds. The van der Waals surface area contributed by atoms with E-state index in [1.165, 1.54) is 18.9 Å². The molecule has 0 bridgehead atoms. The number of carbonyl (C=O) groups is 2. The Kier molecular flexibility index (Phi) is 5.98. The minimum atomic E-state index is -0.237. The molecule has 1 aliphatic heterocycles. The zero-order valence-electron chi connectivity index (χ0n) is 15.0. The summed E-state index contributed by atoms with van der Waals surface area (Å²) < 4.78 is 4.79. The van der Waals surface area contributed by atoms with Crippen LogP contribution in [0.25, 0.3) is 11.3 Å². The van der Waals surface area contributed by atoms with E-state index in [-0.39, 0.29) is 23.0 Å². The standard InChI is InChI=1S/C19H23N3O3S/c1-13(17(23)22-10-8-15(9-11-22)18(24)25-2)26-19-20-12-16(21-19)14-6-4-3-5-7-14/h3-7,12-13,15H,8-11H2,1-2H3,(H,20,21). The highest BCUT2D eigenvalue weighted by Gasteiger charge is 2.30. The Hall–Kier alpha value is -2.28. The second kappa shape index (κ2) is 8.40. The van der Waals surface area contributed by atoms with E-state index in [1.807, 2.05) is 42.2 Å². The number of rotatable bonds is 5. The van der Waals surface area contributed by atoms with E-state index in [9.17, 15) is 9.59 Å². The molecule has 3 rings (SSSR count). The van der Waals surface area contributed by atoms with Crippen molar-refractivity contribution in [3.8, 4) is 11.3 Å². The van der Waals surface area contributed by atoms with Crippen LogP contribution in [0.15, 0.2) is 41.7 Å². The molecule has 0 aliphatic carbocycles. The largest absolute Gasteiger partial charge is 0.469 e. The zero-order valence-corrected chi connectivity index (χ0v) is 15.8. The van der Waals surface area contributed by atoms with Crippen molar-refractivity contribution >= 4 is 23.6 Å². The zero-order chi connectivity index (χ0) is 18.5. The third-order valence-corrected chi connectivity index (χ3v) is 5.60. The summed E-state index contributed by atoms with van der Waals surface area (Å²) in [5.74, 6) is -0.190. The van der Waals surface area contributed by atoms with Gasteiger partial charge in [-0.3, -0.25) is 9.59 Å². The summed E-state index contributed by atoms with van der Waals surface area (Å²) in [6, 6.07) is 9.96. The number of H-pyrrole nitrogens is 1. The number of carbonyl (C=O) groups excluding carboxylic acids is 2. The molecule has 26 heavy (non-hydrogen) atoms. The number of likely N-dealkylation sites (tertiary alicyclic amines) is 1. The number of imidazole rings is 1. The second-order valence-corrected chi connectivity index (χ2v) is 7.68. The molecule has 1 aromatic heterocycles. The number of hydrogen-bond acceptors (Lipinski definition) is 5. The van der Waals surface area contributed by atoms with Crippen molar-refractivity contribution in [1.29, 1.82) is 0 Å². The van der Waals surface area contributed by atoms with Gasteiger partial charge in [0.15, 0.2) is 5.16 Å². The van der Waals surface area contributed by atoms with Crippen LogP contribution in [0.2, 0.25) is 0 Å². The summed E-state index contributed by atoms with van der Waals surface area (Å²) >= 11 is 1.42. The summed E-state index contributed by atoms with van der Waals surface area (Å²) in [7, 11) is 1.41. The van der Waals surface area contributed by atoms with Gasteiger partial charge in [-0.25, -0.2) is 4.98 Å². The molecule has 1 saturated heterocycles. The van der Waals surface area contributed by atoms with Gasteiger partial charge >= 0.3 is 5.97 Å². The number of aromatic amines is 1. The first kappa shape index (κ1) is 18.5. The topological polar surface area (TPSA) is 75.3 Å². The van der Waals surface area contributed by atoms with Gasteiger partial charge in [0.05, 0.1) is 30.2 Å². The minimum Gasteiger partial charge on any atom is -0.469 e. The Morgan fingerprint density at radius 3 is 2.62 bits per heavy atom. The number of ether oxygens (including phenoxy) is 1. The van der Waals surface area contributed by atoms with Gasteiger partial charge in [0, 0.05) is 13.1 Å². The molecular formula is C19H23N3O3S. The fourth-order valence-corrected chi connectivity index (χ4v) is 3.97. The van der Waals surface area contributed by atoms with Crippen molar-refractivity contribution in [3.63, 3.8) is 0 Å². The van der Waals surface area contributed by atoms with Crippen molar-refractivity contribution in [1.82, 2.24) is 14.9 Å². The monoisotopic (exact) mass is 373 g/mol. The van der Waals surface area contributed by atoms with Crippen LogP contribution in [0.4, 0.5) is 0 Å². The Bertz CT molecular complexity index is 754. The Morgan fingerprint density at radius 1 is 1.27 bits per heavy atom. The normalized spacial score (nSPS) is 16.3. The van der Waals surface area contributed by atoms with Crippen LogP contribution in [-0.2, 0) is 14.3 Å². The van der Waals surface area contributed by atoms with Gasteiger partial charge in [0.25, 0.3) is 0 Å². The van der Waals surface area contributed by atoms with Gasteiger partial charge in [0.1, 0.15) is 0 Å². The first-order chi connectivity index (χ1) is 12.6. The van der Waals surface area contributed by atoms with Crippen LogP contribution >= 0.6 is 11.8 Å². The van der Waals surface area contributed by atoms with Crippen LogP contribution in [0.3, 0.4) is 0 Å². The maximum atomic E-state index is 12.7. The van der Waals surface area contributed by atoms with E-state index in [2.05, 4.69) is 9.97 Å². The first-order valence-corrected chi connectivity index (χ1v) is 9.60. The Morgan fingerprint density at radius 2 is 1.96 bits per heavy atom. The lowest BCUT2D eigenvalue weighted by atomic mass is 9.97. The molecule has 2 aromatic rings. The summed E-state index contributed by atoms with van der Waals surface area (Å²) in [5.41, 5.74) is 2.00. The molecule has 2 heterocycles. The average molecular weight is 373 g/mol. The average Bonchev–Trinajstić information content (AvgIpc) is 3.16. The van der Waals surface area contributed by atoms with Crippen LogP contribution in [0.1, 0.15) is 19.8 Å². The second-order valence-electron chi connectivity index (χ2n) is 6.35. The van der Waals surface area contributed by atoms with E-state index >= 15 is 0 Å². The lowest BCUT2D eigenvalue weighted by Gasteiger charge is -2.32. The smallest absolute Gasteiger partial charge is 0.308 e. The van der Waals surface area contributed by atoms with Gasteiger partial charge in [-0.15, -0.1) is 0 Å². The van der Waals surface area contributed by atoms with Crippen LogP contribution < -0.4 is 0 Å². The number of thioether (sulfide) groups is 1. The number of nitrogens with zero attached hydrogens (tertiary/aromatic N) is 2. The molecule has 1 unspecified atom stereocenters. The van der Waals surface area contributed by atoms with Gasteiger partial charge < -0.3 is 14.6 Å². The molecule has 1 aromatic carbocycles. The molecule has 6 nitrogen and oxygen atoms in total. The quantitative estimate of drug-likeness (QED) is 0.644. The number of hydrogen-bond donors (Lipinski definition) is 1. The molecule has 0 spiro atoms. The highest BCUT2D eigenvalue weighted by atomic mass is 32.2. The maximum Gasteiger partial charge on any atom is 0.308 e. The van der Waals surface area contributed by atoms with E-state index in [0.29, 0.717) is 25.9 Å². The van der Waals surface area contributed by atoms with Crippen molar-refractivity contribution in [2.45, 2.75) is 30.2 Å². The van der Waals surface area contributed by atoms with E-state index in [1.54, 1.807) is 6.20 Å². The van der Waals surface area contributed by atoms with Gasteiger partial charge in [-0.1, -0.05) is 42.1 Å². The number of nitrogens with one attached hydrogen (secondary N) is 1. The fourth-order valence-electron chi connectivity index (χ4n) is 3.10. The highest BCUT2D eigenvalue weighted by molar-refractivity contribution is 8.00. The number of esters is 1. The third-order valence-electron chi connectivity index (χ3n) is 4.61. The van der Waals surface area contributed by atoms with Crippen LogP contribution in [0.5, 0.6) is 0 Å². The summed E-state index contributed by atoms with van der Waals surface area (Å²) in [6.07, 6.45) is 3.11. The van der Waals surface area contributed by atoms with E-state index < -0.39 is 0 Å². The first-order valence-electron chi connectivity index (χ1n) is 8.72. The van der Waals surface area contributed by atoms with Crippen molar-refractivity contribution in [2.75, 3.05) is 20.2 Å². The molecule has 0 radical (unpaired) electrons. The number of piperidine rings is 1. The molecule has 7 heteroatoms. The highest BCUT2D eigenvalue weighted by Crippen LogP contribution is 2.27. The summed E-state index contributed by atoms with van der Waals surface area (Å²) in [6.45, 7) is 3.08. The molecule has 1 aliphatic rings. The van der Waals surface area contributed by atoms with E-state index in [4.69, 9.17) is 4.74 Å². The summed E-state index contributed by atoms with van der Waals surface area (Å²) in [4.78, 5) is 33.7. The SMILES string of the molecule is COC(=O)C1CCN(C(=O)C(C)Sc2ncc(-c3ccccc3)[nH]2)CC1. The molecule has 138 valence electrons. The van der Waals surface area contributed by atoms with Gasteiger partial charge in [0.2, 0.25) is 5.91 Å². The fraction of sp³-hybridized carbons (Fsp3) is 0.421. The van der Waals surface area contributed by atoms with Crippen LogP contribution in [0, 0.1) is 5.92 Å². The van der Waals surface area contributed by atoms with E-state index in [0.717, 1.165) is 16.4 Å². The van der Waals surface area contributed by atoms with Crippen LogP contribution in [-0.4, -0.2) is 52.2 Å². The summed E-state index contributed by atoms with van der Waals surface area (Å²) in [5, 5.41) is 0.494. The minimum absolute atomic E-state index is 0.0796. The predicted octanol–water partition coefficient (Wildman–Crippen LogP) is 2.97. The lowest BCUT2D eigenvalue weighted by Crippen LogP contribution is -2.43. The molecule has 1 fully saturated rings. The van der Waals surface area contributed by atoms with Crippen molar-refractivity contribution < 1.29 is 14.3 Å². The molecule has 1 N–H and O–H groups in total. The van der Waals surface area contributed by atoms with Crippen molar-refractivity contribution in [2.24, 2.45) is 5.92 Å². The number of methoxy groups -OCH3 is 1. The number of aromatic nitrogens is 2. The molecule has 0 saturated carbocycles. The predicted molar refractivity (Wildman–Crippen MR) is 101 cm³/mol. The Labute approximate surface area is 157 Å². The number of benzene rings is 1. The van der Waals surface area contributed by atoms with Gasteiger partial charge in [-0.05, 0) is 25.3 Å². The molecular weight excluding hydrogens is 350 g/mol. The Balaban J connectivity index is 1.55. The van der Waals surface area contributed by atoms with Gasteiger partial charge in [-0.2, -0.15) is 0 Å². The van der Waals surface area contributed by atoms with Crippen molar-refractivity contribution in [3.05, 3.63) is 36.5 Å². The molecule has 1 atom stereocenters. The third kappa shape index (κ3) is 4.27.